The summed E-state index contributed by atoms with van der Waals surface area (Å²) in [5, 5.41) is 8.29. The number of rotatable bonds is 0. The number of nitriles is 1. The van der Waals surface area contributed by atoms with Crippen LogP contribution in [0.1, 0.15) is 11.1 Å². The Labute approximate surface area is 85.3 Å². The fourth-order valence-electron chi connectivity index (χ4n) is 0.700. The summed E-state index contributed by atoms with van der Waals surface area (Å²) in [4.78, 5) is 0. The maximum atomic E-state index is 12.0. The molecule has 62 valence electrons. The van der Waals surface area contributed by atoms with Crippen LogP contribution >= 0.6 is 0 Å². The molecule has 0 atom stereocenters. The van der Waals surface area contributed by atoms with E-state index in [2.05, 4.69) is 6.07 Å². The molecular formula is C8H3F3LiN. The van der Waals surface area contributed by atoms with Crippen molar-refractivity contribution >= 4 is 0 Å². The van der Waals surface area contributed by atoms with Crippen LogP contribution in [0.4, 0.5) is 13.2 Å². The van der Waals surface area contributed by atoms with Crippen molar-refractivity contribution in [2.24, 2.45) is 0 Å². The van der Waals surface area contributed by atoms with Crippen molar-refractivity contribution in [3.05, 3.63) is 35.4 Å². The van der Waals surface area contributed by atoms with Gasteiger partial charge in [0.1, 0.15) is 0 Å². The van der Waals surface area contributed by atoms with E-state index in [1.54, 1.807) is 6.07 Å². The van der Waals surface area contributed by atoms with Gasteiger partial charge in [-0.05, 0) is 0 Å². The molecule has 0 radical (unpaired) electrons. The van der Waals surface area contributed by atoms with Crippen LogP contribution in [-0.2, 0) is 6.18 Å². The zero-order chi connectivity index (χ0) is 9.19. The van der Waals surface area contributed by atoms with E-state index in [1.807, 2.05) is 0 Å². The molecule has 1 aromatic rings. The van der Waals surface area contributed by atoms with Gasteiger partial charge in [0, 0.05) is 6.07 Å². The summed E-state index contributed by atoms with van der Waals surface area (Å²) in [6.45, 7) is 0. The molecule has 1 rings (SSSR count). The Bertz CT molecular complexity index is 327. The van der Waals surface area contributed by atoms with Crippen molar-refractivity contribution in [2.75, 3.05) is 0 Å². The van der Waals surface area contributed by atoms with Gasteiger partial charge in [-0.2, -0.15) is 31.4 Å². The third kappa shape index (κ3) is 3.14. The van der Waals surface area contributed by atoms with Gasteiger partial charge in [0.05, 0.1) is 0 Å². The second kappa shape index (κ2) is 4.37. The molecular weight excluding hydrogens is 174 g/mol. The molecule has 0 N–H and O–H groups in total. The Hall–Kier alpha value is -0.903. The molecule has 0 aliphatic heterocycles. The first-order valence-corrected chi connectivity index (χ1v) is 3.02. The Balaban J connectivity index is 0.00000144. The fourth-order valence-corrected chi connectivity index (χ4v) is 0.700. The van der Waals surface area contributed by atoms with Gasteiger partial charge >= 0.3 is 25.0 Å². The predicted octanol–water partition coefficient (Wildman–Crippen LogP) is -0.619. The van der Waals surface area contributed by atoms with E-state index in [9.17, 15) is 13.2 Å². The van der Waals surface area contributed by atoms with E-state index in [4.69, 9.17) is 5.26 Å². The quantitative estimate of drug-likeness (QED) is 0.382. The second-order valence-electron chi connectivity index (χ2n) is 2.12. The molecule has 0 saturated carbocycles. The normalized spacial score (nSPS) is 10.0. The van der Waals surface area contributed by atoms with Crippen LogP contribution < -0.4 is 18.9 Å². The summed E-state index contributed by atoms with van der Waals surface area (Å²) in [6.07, 6.45) is -4.40. The van der Waals surface area contributed by atoms with Crippen molar-refractivity contribution in [3.63, 3.8) is 0 Å². The number of benzene rings is 1. The molecule has 0 unspecified atom stereocenters. The number of halogens is 3. The van der Waals surface area contributed by atoms with E-state index >= 15 is 0 Å². The van der Waals surface area contributed by atoms with Gasteiger partial charge in [0.2, 0.25) is 0 Å². The van der Waals surface area contributed by atoms with Crippen molar-refractivity contribution < 1.29 is 32.0 Å². The average molecular weight is 177 g/mol. The summed E-state index contributed by atoms with van der Waals surface area (Å²) >= 11 is 0. The minimum atomic E-state index is -4.40. The molecule has 1 aromatic carbocycles. The number of hydrogen-bond acceptors (Lipinski definition) is 1. The minimum absolute atomic E-state index is 0. The van der Waals surface area contributed by atoms with E-state index in [-0.39, 0.29) is 24.4 Å². The summed E-state index contributed by atoms with van der Waals surface area (Å²) in [5.41, 5.74) is -0.883. The smallest absolute Gasteiger partial charge is 0.208 e. The van der Waals surface area contributed by atoms with Crippen LogP contribution in [0.5, 0.6) is 0 Å². The molecule has 0 aromatic heterocycles. The molecule has 0 saturated heterocycles. The number of hydrogen-bond donors (Lipinski definition) is 0. The molecule has 0 aliphatic rings. The molecule has 0 spiro atoms. The van der Waals surface area contributed by atoms with Gasteiger partial charge in [-0.3, -0.25) is 0 Å². The van der Waals surface area contributed by atoms with Gasteiger partial charge in [0.25, 0.3) is 0 Å². The third-order valence-corrected chi connectivity index (χ3v) is 1.25. The van der Waals surface area contributed by atoms with Crippen molar-refractivity contribution in [1.82, 2.24) is 0 Å². The van der Waals surface area contributed by atoms with Crippen LogP contribution in [0.2, 0.25) is 0 Å². The Morgan fingerprint density at radius 1 is 1.31 bits per heavy atom. The van der Waals surface area contributed by atoms with Crippen LogP contribution in [0.15, 0.2) is 18.2 Å². The summed E-state index contributed by atoms with van der Waals surface area (Å²) in [5.74, 6) is 0. The van der Waals surface area contributed by atoms with Gasteiger partial charge in [0.15, 0.2) is 0 Å². The monoisotopic (exact) mass is 177 g/mol. The summed E-state index contributed by atoms with van der Waals surface area (Å²) in [6, 6.07) is 6.65. The van der Waals surface area contributed by atoms with Crippen molar-refractivity contribution in [1.29, 1.82) is 5.26 Å². The van der Waals surface area contributed by atoms with E-state index in [0.717, 1.165) is 12.1 Å². The van der Waals surface area contributed by atoms with Gasteiger partial charge in [-0.15, -0.1) is 6.07 Å². The Morgan fingerprint density at radius 2 is 1.92 bits per heavy atom. The molecule has 5 heteroatoms. The zero-order valence-electron chi connectivity index (χ0n) is 6.81. The SMILES string of the molecule is N#Cc1c[c-]cc(C(F)(F)F)c1.[Li+]. The number of alkyl halides is 3. The average Bonchev–Trinajstić information content (AvgIpc) is 2.03. The first kappa shape index (κ1) is 12.1. The van der Waals surface area contributed by atoms with E-state index in [1.165, 1.54) is 6.07 Å². The minimum Gasteiger partial charge on any atom is -0.208 e. The summed E-state index contributed by atoms with van der Waals surface area (Å²) in [7, 11) is 0. The van der Waals surface area contributed by atoms with Crippen LogP contribution in [0.25, 0.3) is 0 Å². The van der Waals surface area contributed by atoms with Gasteiger partial charge < -0.3 is 0 Å². The molecule has 0 bridgehead atoms. The predicted molar refractivity (Wildman–Crippen MR) is 35.0 cm³/mol. The van der Waals surface area contributed by atoms with Crippen molar-refractivity contribution in [2.45, 2.75) is 6.18 Å². The molecule has 0 fully saturated rings. The molecule has 13 heavy (non-hydrogen) atoms. The van der Waals surface area contributed by atoms with Gasteiger partial charge in [-0.1, -0.05) is 11.1 Å². The molecule has 0 amide bonds. The zero-order valence-corrected chi connectivity index (χ0v) is 6.81. The maximum absolute atomic E-state index is 12.0. The van der Waals surface area contributed by atoms with E-state index in [0.29, 0.717) is 0 Å². The molecule has 0 heterocycles. The van der Waals surface area contributed by atoms with Crippen LogP contribution in [0.3, 0.4) is 0 Å². The van der Waals surface area contributed by atoms with Crippen LogP contribution in [-0.4, -0.2) is 0 Å². The van der Waals surface area contributed by atoms with Crippen LogP contribution in [0, 0.1) is 17.4 Å². The largest absolute Gasteiger partial charge is 1.00 e. The van der Waals surface area contributed by atoms with Crippen molar-refractivity contribution in [3.8, 4) is 6.07 Å². The molecule has 1 nitrogen and oxygen atoms in total. The fraction of sp³-hybridized carbons (Fsp3) is 0.125. The topological polar surface area (TPSA) is 23.8 Å². The number of nitrogens with zero attached hydrogens (tertiary/aromatic N) is 1. The van der Waals surface area contributed by atoms with E-state index < -0.39 is 11.7 Å². The first-order chi connectivity index (χ1) is 5.54. The summed E-state index contributed by atoms with van der Waals surface area (Å²) < 4.78 is 35.9. The Kier molecular flexibility index (Phi) is 4.06. The molecule has 0 aliphatic carbocycles. The third-order valence-electron chi connectivity index (χ3n) is 1.25. The second-order valence-corrected chi connectivity index (χ2v) is 2.12. The Morgan fingerprint density at radius 3 is 2.38 bits per heavy atom. The van der Waals surface area contributed by atoms with Gasteiger partial charge in [-0.25, -0.2) is 5.26 Å². The standard InChI is InChI=1S/C8H3F3N.Li/c9-8(10,11)7-3-1-2-6(4-7)5-12;/h2-4H;/q-1;+1. The maximum Gasteiger partial charge on any atom is 1.00 e. The first-order valence-electron chi connectivity index (χ1n) is 3.02.